The first kappa shape index (κ1) is 10.9. The number of ether oxygens (including phenoxy) is 2. The highest BCUT2D eigenvalue weighted by atomic mass is 16.5. The van der Waals surface area contributed by atoms with Gasteiger partial charge in [-0.15, -0.1) is 0 Å². The first-order valence-electron chi connectivity index (χ1n) is 5.33. The van der Waals surface area contributed by atoms with E-state index in [1.807, 2.05) is 0 Å². The Balaban J connectivity index is 1.99. The van der Waals surface area contributed by atoms with Crippen molar-refractivity contribution in [1.29, 1.82) is 0 Å². The first-order chi connectivity index (χ1) is 7.85. The molecule has 0 unspecified atom stereocenters. The molecule has 1 aromatic heterocycles. The van der Waals surface area contributed by atoms with Crippen LogP contribution in [0.25, 0.3) is 0 Å². The molecule has 1 heterocycles. The Labute approximate surface area is 94.1 Å². The van der Waals surface area contributed by atoms with Crippen LogP contribution in [0.15, 0.2) is 6.33 Å². The van der Waals surface area contributed by atoms with Gasteiger partial charge in [-0.3, -0.25) is 0 Å². The molecule has 16 heavy (non-hydrogen) atoms. The molecule has 1 saturated carbocycles. The molecule has 6 heteroatoms. The van der Waals surface area contributed by atoms with Crippen molar-refractivity contribution in [2.45, 2.75) is 19.3 Å². The highest BCUT2D eigenvalue weighted by molar-refractivity contribution is 5.54. The quantitative estimate of drug-likeness (QED) is 0.553. The zero-order valence-electron chi connectivity index (χ0n) is 9.27. The molecular formula is C10H16N4O2. The summed E-state index contributed by atoms with van der Waals surface area (Å²) in [5, 5.41) is 0. The predicted molar refractivity (Wildman–Crippen MR) is 59.2 cm³/mol. The normalized spacial score (nSPS) is 14.6. The molecule has 6 nitrogen and oxygen atoms in total. The zero-order chi connectivity index (χ0) is 11.4. The van der Waals surface area contributed by atoms with Crippen molar-refractivity contribution in [3.63, 3.8) is 0 Å². The second-order valence-corrected chi connectivity index (χ2v) is 3.79. The van der Waals surface area contributed by atoms with Gasteiger partial charge in [0.05, 0.1) is 13.7 Å². The van der Waals surface area contributed by atoms with Gasteiger partial charge in [-0.25, -0.2) is 10.8 Å². The Morgan fingerprint density at radius 3 is 2.94 bits per heavy atom. The van der Waals surface area contributed by atoms with Crippen molar-refractivity contribution in [3.8, 4) is 11.6 Å². The van der Waals surface area contributed by atoms with Crippen molar-refractivity contribution in [2.75, 3.05) is 19.1 Å². The Morgan fingerprint density at radius 2 is 2.31 bits per heavy atom. The van der Waals surface area contributed by atoms with E-state index < -0.39 is 0 Å². The van der Waals surface area contributed by atoms with Crippen LogP contribution in [0.4, 0.5) is 5.82 Å². The summed E-state index contributed by atoms with van der Waals surface area (Å²) < 4.78 is 10.7. The molecule has 0 spiro atoms. The topological polar surface area (TPSA) is 82.3 Å². The molecule has 0 bridgehead atoms. The van der Waals surface area contributed by atoms with E-state index in [0.29, 0.717) is 24.1 Å². The van der Waals surface area contributed by atoms with E-state index in [0.717, 1.165) is 12.3 Å². The number of aromatic nitrogens is 2. The van der Waals surface area contributed by atoms with Crippen LogP contribution in [0.5, 0.6) is 11.6 Å². The smallest absolute Gasteiger partial charge is 0.262 e. The third-order valence-corrected chi connectivity index (χ3v) is 2.57. The van der Waals surface area contributed by atoms with E-state index >= 15 is 0 Å². The minimum atomic E-state index is 0.430. The minimum Gasteiger partial charge on any atom is -0.489 e. The molecule has 3 N–H and O–H groups in total. The maximum atomic E-state index is 5.55. The number of nitrogen functional groups attached to an aromatic ring is 1. The summed E-state index contributed by atoms with van der Waals surface area (Å²) in [6.07, 6.45) is 5.10. The number of rotatable bonds is 6. The van der Waals surface area contributed by atoms with Crippen molar-refractivity contribution < 1.29 is 9.47 Å². The molecule has 1 fully saturated rings. The molecule has 1 aromatic rings. The number of nitrogens with two attached hydrogens (primary N) is 1. The summed E-state index contributed by atoms with van der Waals surface area (Å²) in [7, 11) is 1.54. The van der Waals surface area contributed by atoms with Crippen LogP contribution in [-0.2, 0) is 0 Å². The number of hydrogen-bond donors (Lipinski definition) is 2. The summed E-state index contributed by atoms with van der Waals surface area (Å²) in [5.74, 6) is 7.45. The van der Waals surface area contributed by atoms with Gasteiger partial charge in [-0.05, 0) is 12.3 Å². The van der Waals surface area contributed by atoms with E-state index in [-0.39, 0.29) is 0 Å². The summed E-state index contributed by atoms with van der Waals surface area (Å²) in [6.45, 7) is 0.655. The number of nitrogens with zero attached hydrogens (tertiary/aromatic N) is 2. The Morgan fingerprint density at radius 1 is 1.50 bits per heavy atom. The molecular weight excluding hydrogens is 208 g/mol. The molecule has 0 saturated heterocycles. The van der Waals surface area contributed by atoms with Crippen molar-refractivity contribution in [3.05, 3.63) is 6.33 Å². The van der Waals surface area contributed by atoms with Gasteiger partial charge >= 0.3 is 0 Å². The Kier molecular flexibility index (Phi) is 3.40. The van der Waals surface area contributed by atoms with Gasteiger partial charge in [0, 0.05) is 0 Å². The number of hydrazine groups is 1. The van der Waals surface area contributed by atoms with E-state index in [1.54, 1.807) is 0 Å². The number of methoxy groups -OCH3 is 1. The summed E-state index contributed by atoms with van der Waals surface area (Å²) in [4.78, 5) is 7.95. The number of hydrogen-bond acceptors (Lipinski definition) is 6. The van der Waals surface area contributed by atoms with Gasteiger partial charge in [0.2, 0.25) is 5.75 Å². The van der Waals surface area contributed by atoms with Gasteiger partial charge < -0.3 is 14.9 Å². The lowest BCUT2D eigenvalue weighted by Crippen LogP contribution is -2.11. The molecule has 0 aromatic carbocycles. The Bertz CT molecular complexity index is 355. The molecule has 1 aliphatic rings. The zero-order valence-corrected chi connectivity index (χ0v) is 9.27. The van der Waals surface area contributed by atoms with E-state index in [9.17, 15) is 0 Å². The van der Waals surface area contributed by atoms with E-state index in [2.05, 4.69) is 15.4 Å². The van der Waals surface area contributed by atoms with Crippen LogP contribution in [0.2, 0.25) is 0 Å². The third kappa shape index (κ3) is 2.52. The summed E-state index contributed by atoms with van der Waals surface area (Å²) in [6, 6.07) is 0. The lowest BCUT2D eigenvalue weighted by atomic mass is 10.3. The molecule has 88 valence electrons. The minimum absolute atomic E-state index is 0.430. The largest absolute Gasteiger partial charge is 0.489 e. The van der Waals surface area contributed by atoms with Crippen molar-refractivity contribution in [2.24, 2.45) is 11.8 Å². The van der Waals surface area contributed by atoms with Crippen LogP contribution in [0.1, 0.15) is 19.3 Å². The second kappa shape index (κ2) is 4.98. The summed E-state index contributed by atoms with van der Waals surface area (Å²) >= 11 is 0. The maximum Gasteiger partial charge on any atom is 0.262 e. The third-order valence-electron chi connectivity index (χ3n) is 2.57. The van der Waals surface area contributed by atoms with Gasteiger partial charge in [0.15, 0.2) is 5.82 Å². The molecule has 0 radical (unpaired) electrons. The lowest BCUT2D eigenvalue weighted by Gasteiger charge is -2.11. The van der Waals surface area contributed by atoms with Gasteiger partial charge in [-0.2, -0.15) is 4.98 Å². The fraction of sp³-hybridized carbons (Fsp3) is 0.600. The van der Waals surface area contributed by atoms with Crippen LogP contribution in [-0.4, -0.2) is 23.7 Å². The molecule has 1 aliphatic carbocycles. The SMILES string of the molecule is COc1c(NN)ncnc1OCCC1CC1. The number of anilines is 1. The van der Waals surface area contributed by atoms with Crippen molar-refractivity contribution >= 4 is 5.82 Å². The van der Waals surface area contributed by atoms with Crippen LogP contribution < -0.4 is 20.7 Å². The van der Waals surface area contributed by atoms with E-state index in [4.69, 9.17) is 15.3 Å². The second-order valence-electron chi connectivity index (χ2n) is 3.79. The fourth-order valence-electron chi connectivity index (χ4n) is 1.48. The average molecular weight is 224 g/mol. The van der Waals surface area contributed by atoms with Gasteiger partial charge in [-0.1, -0.05) is 12.8 Å². The van der Waals surface area contributed by atoms with Crippen LogP contribution in [0, 0.1) is 5.92 Å². The van der Waals surface area contributed by atoms with Crippen LogP contribution in [0.3, 0.4) is 0 Å². The van der Waals surface area contributed by atoms with E-state index in [1.165, 1.54) is 26.3 Å². The number of nitrogens with one attached hydrogen (secondary N) is 1. The van der Waals surface area contributed by atoms with Crippen LogP contribution >= 0.6 is 0 Å². The van der Waals surface area contributed by atoms with Crippen molar-refractivity contribution in [1.82, 2.24) is 9.97 Å². The monoisotopic (exact) mass is 224 g/mol. The highest BCUT2D eigenvalue weighted by Gasteiger charge is 2.21. The molecule has 0 amide bonds. The fourth-order valence-corrected chi connectivity index (χ4v) is 1.48. The van der Waals surface area contributed by atoms with Gasteiger partial charge in [0.25, 0.3) is 5.88 Å². The maximum absolute atomic E-state index is 5.55. The standard InChI is InChI=1S/C10H16N4O2/c1-15-8-9(14-11)12-6-13-10(8)16-5-4-7-2-3-7/h6-7H,2-5,11H2,1H3,(H,12,13,14). The predicted octanol–water partition coefficient (Wildman–Crippen LogP) is 0.950. The first-order valence-corrected chi connectivity index (χ1v) is 5.33. The molecule has 2 rings (SSSR count). The lowest BCUT2D eigenvalue weighted by molar-refractivity contribution is 0.271. The highest BCUT2D eigenvalue weighted by Crippen LogP contribution is 2.34. The summed E-state index contributed by atoms with van der Waals surface area (Å²) in [5.41, 5.74) is 2.44. The average Bonchev–Trinajstić information content (AvgIpc) is 3.12. The molecule has 0 atom stereocenters. The Hall–Kier alpha value is -1.56. The molecule has 0 aliphatic heterocycles. The van der Waals surface area contributed by atoms with Gasteiger partial charge in [0.1, 0.15) is 6.33 Å².